The number of aromatic nitrogens is 1. The van der Waals surface area contributed by atoms with Gasteiger partial charge in [-0.1, -0.05) is 32.0 Å². The van der Waals surface area contributed by atoms with Crippen molar-refractivity contribution in [2.45, 2.75) is 66.3 Å². The number of aryl methyl sites for hydroxylation is 2. The van der Waals surface area contributed by atoms with Gasteiger partial charge in [0.1, 0.15) is 5.76 Å². The first-order valence-electron chi connectivity index (χ1n) is 11.2. The van der Waals surface area contributed by atoms with E-state index in [0.29, 0.717) is 13.2 Å². The number of aliphatic imine (C=N–C) groups is 1. The topological polar surface area (TPSA) is 80.9 Å². The molecule has 2 aromatic rings. The van der Waals surface area contributed by atoms with Crippen molar-refractivity contribution in [3.05, 3.63) is 40.8 Å². The second-order valence-corrected chi connectivity index (χ2v) is 7.86. The van der Waals surface area contributed by atoms with Crippen molar-refractivity contribution in [3.8, 4) is 11.5 Å². The number of halogens is 1. The molecule has 0 aliphatic heterocycles. The molecule has 8 heteroatoms. The largest absolute Gasteiger partial charge is 0.490 e. The Balaban J connectivity index is 0.00000512. The number of nitrogens with zero attached hydrogens (tertiary/aromatic N) is 2. The molecule has 1 aromatic heterocycles. The minimum absolute atomic E-state index is 0. The first kappa shape index (κ1) is 28.1. The Hall–Kier alpha value is -1.97. The first-order valence-corrected chi connectivity index (χ1v) is 11.2. The Morgan fingerprint density at radius 3 is 2.31 bits per heavy atom. The Morgan fingerprint density at radius 2 is 1.75 bits per heavy atom. The quantitative estimate of drug-likeness (QED) is 0.215. The molecule has 0 aliphatic rings. The Bertz CT molecular complexity index is 834. The van der Waals surface area contributed by atoms with Gasteiger partial charge in [-0.15, -0.1) is 24.0 Å². The van der Waals surface area contributed by atoms with Crippen molar-refractivity contribution >= 4 is 29.9 Å². The highest BCUT2D eigenvalue weighted by Crippen LogP contribution is 2.31. The maximum atomic E-state index is 5.93. The molecule has 0 radical (unpaired) electrons. The lowest BCUT2D eigenvalue weighted by Crippen LogP contribution is -2.40. The van der Waals surface area contributed by atoms with Gasteiger partial charge in [0.2, 0.25) is 0 Å². The molecule has 0 saturated carbocycles. The van der Waals surface area contributed by atoms with E-state index in [9.17, 15) is 0 Å². The zero-order valence-corrected chi connectivity index (χ0v) is 22.8. The summed E-state index contributed by atoms with van der Waals surface area (Å²) in [4.78, 5) is 4.38. The van der Waals surface area contributed by atoms with Gasteiger partial charge in [-0.2, -0.15) is 0 Å². The lowest BCUT2D eigenvalue weighted by atomic mass is 10.00. The molecule has 2 atom stereocenters. The van der Waals surface area contributed by atoms with Gasteiger partial charge in [0.15, 0.2) is 17.5 Å². The van der Waals surface area contributed by atoms with Crippen molar-refractivity contribution in [1.29, 1.82) is 0 Å². The fourth-order valence-electron chi connectivity index (χ4n) is 3.48. The SMILES string of the molecule is CCCOc1ccc(C(C)NC(=NC)NCC(C)c2c(C)noc2C)cc1OCCC.I. The van der Waals surface area contributed by atoms with E-state index in [2.05, 4.69) is 60.6 Å². The third kappa shape index (κ3) is 7.86. The molecule has 0 spiro atoms. The summed E-state index contributed by atoms with van der Waals surface area (Å²) in [5.74, 6) is 3.45. The van der Waals surface area contributed by atoms with E-state index in [4.69, 9.17) is 14.0 Å². The lowest BCUT2D eigenvalue weighted by molar-refractivity contribution is 0.268. The molecule has 1 heterocycles. The van der Waals surface area contributed by atoms with Crippen LogP contribution >= 0.6 is 24.0 Å². The van der Waals surface area contributed by atoms with Crippen molar-refractivity contribution in [2.24, 2.45) is 4.99 Å². The van der Waals surface area contributed by atoms with Crippen LogP contribution in [0.15, 0.2) is 27.7 Å². The maximum absolute atomic E-state index is 5.93. The lowest BCUT2D eigenvalue weighted by Gasteiger charge is -2.21. The van der Waals surface area contributed by atoms with Gasteiger partial charge >= 0.3 is 0 Å². The summed E-state index contributed by atoms with van der Waals surface area (Å²) in [5, 5.41) is 10.9. The summed E-state index contributed by atoms with van der Waals surface area (Å²) in [6.07, 6.45) is 1.91. The van der Waals surface area contributed by atoms with E-state index in [1.54, 1.807) is 7.05 Å². The number of benzene rings is 1. The van der Waals surface area contributed by atoms with Crippen LogP contribution in [0.3, 0.4) is 0 Å². The van der Waals surface area contributed by atoms with Crippen LogP contribution in [0.1, 0.15) is 75.1 Å². The zero-order chi connectivity index (χ0) is 22.8. The molecule has 0 aliphatic carbocycles. The number of hydrogen-bond acceptors (Lipinski definition) is 5. The van der Waals surface area contributed by atoms with Crippen LogP contribution in [0.25, 0.3) is 0 Å². The summed E-state index contributed by atoms with van der Waals surface area (Å²) in [6, 6.07) is 6.16. The number of hydrogen-bond donors (Lipinski definition) is 2. The number of rotatable bonds is 11. The molecule has 1 aromatic carbocycles. The fourth-order valence-corrected chi connectivity index (χ4v) is 3.48. The Kier molecular flexibility index (Phi) is 12.5. The van der Waals surface area contributed by atoms with Gasteiger partial charge in [-0.25, -0.2) is 0 Å². The van der Waals surface area contributed by atoms with Gasteiger partial charge in [-0.3, -0.25) is 4.99 Å². The number of ether oxygens (including phenoxy) is 2. The standard InChI is InChI=1S/C24H38N4O3.HI/c1-8-12-29-21-11-10-20(14-22(21)30-13-9-2)17(4)27-24(25-7)26-15-16(3)23-18(5)28-31-19(23)6;/h10-11,14,16-17H,8-9,12-13,15H2,1-7H3,(H2,25,26,27);1H. The van der Waals surface area contributed by atoms with Gasteiger partial charge in [-0.05, 0) is 51.3 Å². The van der Waals surface area contributed by atoms with Gasteiger partial charge in [0, 0.05) is 25.1 Å². The maximum Gasteiger partial charge on any atom is 0.191 e. The van der Waals surface area contributed by atoms with Crippen molar-refractivity contribution in [1.82, 2.24) is 15.8 Å². The van der Waals surface area contributed by atoms with E-state index < -0.39 is 0 Å². The summed E-state index contributed by atoms with van der Waals surface area (Å²) in [6.45, 7) is 14.4. The Morgan fingerprint density at radius 1 is 1.09 bits per heavy atom. The highest BCUT2D eigenvalue weighted by Gasteiger charge is 2.18. The molecule has 0 saturated heterocycles. The van der Waals surface area contributed by atoms with Crippen LogP contribution in [0, 0.1) is 13.8 Å². The molecule has 0 bridgehead atoms. The molecule has 2 rings (SSSR count). The van der Waals surface area contributed by atoms with Gasteiger partial charge < -0.3 is 24.6 Å². The molecule has 32 heavy (non-hydrogen) atoms. The molecule has 0 fully saturated rings. The van der Waals surface area contributed by atoms with E-state index in [0.717, 1.165) is 59.4 Å². The van der Waals surface area contributed by atoms with Crippen molar-refractivity contribution in [2.75, 3.05) is 26.8 Å². The van der Waals surface area contributed by atoms with E-state index in [1.165, 1.54) is 0 Å². The van der Waals surface area contributed by atoms with Crippen LogP contribution < -0.4 is 20.1 Å². The summed E-state index contributed by atoms with van der Waals surface area (Å²) in [7, 11) is 1.78. The highest BCUT2D eigenvalue weighted by atomic mass is 127. The average molecular weight is 559 g/mol. The fraction of sp³-hybridized carbons (Fsp3) is 0.583. The van der Waals surface area contributed by atoms with Crippen molar-refractivity contribution < 1.29 is 14.0 Å². The molecular formula is C24H39IN4O3. The summed E-state index contributed by atoms with van der Waals surface area (Å²) < 4.78 is 17.1. The summed E-state index contributed by atoms with van der Waals surface area (Å²) >= 11 is 0. The molecule has 7 nitrogen and oxygen atoms in total. The van der Waals surface area contributed by atoms with E-state index >= 15 is 0 Å². The second-order valence-electron chi connectivity index (χ2n) is 7.86. The Labute approximate surface area is 209 Å². The third-order valence-corrected chi connectivity index (χ3v) is 5.13. The first-order chi connectivity index (χ1) is 14.9. The zero-order valence-electron chi connectivity index (χ0n) is 20.4. The van der Waals surface area contributed by atoms with E-state index in [1.807, 2.05) is 19.9 Å². The molecule has 2 unspecified atom stereocenters. The second kappa shape index (κ2) is 14.2. The predicted octanol–water partition coefficient (Wildman–Crippen LogP) is 5.52. The summed E-state index contributed by atoms with van der Waals surface area (Å²) in [5.41, 5.74) is 3.20. The molecule has 2 N–H and O–H groups in total. The van der Waals surface area contributed by atoms with Crippen molar-refractivity contribution in [3.63, 3.8) is 0 Å². The minimum atomic E-state index is 0. The minimum Gasteiger partial charge on any atom is -0.490 e. The van der Waals surface area contributed by atoms with Gasteiger partial charge in [0.25, 0.3) is 0 Å². The molecule has 180 valence electrons. The van der Waals surface area contributed by atoms with Crippen LogP contribution in [-0.4, -0.2) is 37.9 Å². The van der Waals surface area contributed by atoms with Crippen LogP contribution in [0.5, 0.6) is 11.5 Å². The highest BCUT2D eigenvalue weighted by molar-refractivity contribution is 14.0. The van der Waals surface area contributed by atoms with Gasteiger partial charge in [0.05, 0.1) is 24.9 Å². The smallest absolute Gasteiger partial charge is 0.191 e. The average Bonchev–Trinajstić information content (AvgIpc) is 3.11. The van der Waals surface area contributed by atoms with Crippen LogP contribution in [-0.2, 0) is 0 Å². The van der Waals surface area contributed by atoms with Crippen LogP contribution in [0.2, 0.25) is 0 Å². The third-order valence-electron chi connectivity index (χ3n) is 5.13. The molecule has 0 amide bonds. The van der Waals surface area contributed by atoms with E-state index in [-0.39, 0.29) is 35.9 Å². The van der Waals surface area contributed by atoms with Crippen LogP contribution in [0.4, 0.5) is 0 Å². The number of nitrogens with one attached hydrogen (secondary N) is 2. The normalized spacial score (nSPS) is 13.2. The molecular weight excluding hydrogens is 519 g/mol. The predicted molar refractivity (Wildman–Crippen MR) is 141 cm³/mol. The monoisotopic (exact) mass is 558 g/mol. The number of guanidine groups is 1.